The van der Waals surface area contributed by atoms with Crippen molar-refractivity contribution < 1.29 is 19.1 Å². The molecule has 0 saturated heterocycles. The summed E-state index contributed by atoms with van der Waals surface area (Å²) in [6.45, 7) is 4.77. The van der Waals surface area contributed by atoms with Gasteiger partial charge >= 0.3 is 12.0 Å². The number of carbonyl (C=O) groups excluding carboxylic acids is 3. The third-order valence-corrected chi connectivity index (χ3v) is 2.74. The van der Waals surface area contributed by atoms with Gasteiger partial charge in [0.25, 0.3) is 5.91 Å². The lowest BCUT2D eigenvalue weighted by molar-refractivity contribution is -0.143. The van der Waals surface area contributed by atoms with Crippen molar-refractivity contribution in [1.82, 2.24) is 10.6 Å². The Labute approximate surface area is 139 Å². The van der Waals surface area contributed by atoms with Crippen LogP contribution < -0.4 is 10.6 Å². The Morgan fingerprint density at radius 2 is 1.87 bits per heavy atom. The maximum absolute atomic E-state index is 11.5. The van der Waals surface area contributed by atoms with Crippen LogP contribution in [0.15, 0.2) is 30.3 Å². The minimum Gasteiger partial charge on any atom is -0.452 e. The summed E-state index contributed by atoms with van der Waals surface area (Å²) in [7, 11) is 0. The van der Waals surface area contributed by atoms with Crippen LogP contribution in [0.5, 0.6) is 0 Å². The quantitative estimate of drug-likeness (QED) is 0.652. The highest BCUT2D eigenvalue weighted by Gasteiger charge is 2.16. The van der Waals surface area contributed by atoms with Crippen molar-refractivity contribution in [2.75, 3.05) is 6.61 Å². The van der Waals surface area contributed by atoms with Gasteiger partial charge in [0.2, 0.25) is 0 Å². The van der Waals surface area contributed by atoms with Crippen LogP contribution in [0.25, 0.3) is 6.08 Å². The number of urea groups is 1. The van der Waals surface area contributed by atoms with Crippen molar-refractivity contribution in [3.63, 3.8) is 0 Å². The van der Waals surface area contributed by atoms with E-state index in [4.69, 9.17) is 16.3 Å². The highest BCUT2D eigenvalue weighted by Crippen LogP contribution is 2.16. The molecule has 1 rings (SSSR count). The molecule has 1 aromatic rings. The number of hydrogen-bond acceptors (Lipinski definition) is 4. The molecule has 0 aromatic heterocycles. The molecule has 0 heterocycles. The number of ether oxygens (including phenoxy) is 1. The molecule has 0 unspecified atom stereocenters. The van der Waals surface area contributed by atoms with Crippen LogP contribution in [0, 0.1) is 0 Å². The lowest BCUT2D eigenvalue weighted by Crippen LogP contribution is -2.49. The number of imide groups is 1. The monoisotopic (exact) mass is 338 g/mol. The van der Waals surface area contributed by atoms with Crippen molar-refractivity contribution >= 4 is 35.6 Å². The Kier molecular flexibility index (Phi) is 6.78. The highest BCUT2D eigenvalue weighted by atomic mass is 35.5. The van der Waals surface area contributed by atoms with Crippen LogP contribution in [-0.2, 0) is 14.3 Å². The summed E-state index contributed by atoms with van der Waals surface area (Å²) in [6.07, 6.45) is 2.64. The maximum atomic E-state index is 11.5. The van der Waals surface area contributed by atoms with Crippen molar-refractivity contribution in [2.24, 2.45) is 0 Å². The van der Waals surface area contributed by atoms with Crippen molar-refractivity contribution in [3.8, 4) is 0 Å². The van der Waals surface area contributed by atoms with E-state index in [1.54, 1.807) is 45.0 Å². The fourth-order valence-corrected chi connectivity index (χ4v) is 1.69. The van der Waals surface area contributed by atoms with Crippen LogP contribution in [0.2, 0.25) is 5.02 Å². The van der Waals surface area contributed by atoms with Crippen molar-refractivity contribution in [3.05, 3.63) is 40.9 Å². The molecule has 7 heteroatoms. The van der Waals surface area contributed by atoms with Crippen LogP contribution >= 0.6 is 11.6 Å². The van der Waals surface area contributed by atoms with E-state index >= 15 is 0 Å². The first-order valence-electron chi connectivity index (χ1n) is 6.89. The molecule has 6 nitrogen and oxygen atoms in total. The Morgan fingerprint density at radius 3 is 2.48 bits per heavy atom. The molecular formula is C16H19ClN2O4. The van der Waals surface area contributed by atoms with Gasteiger partial charge in [-0.2, -0.15) is 0 Å². The van der Waals surface area contributed by atoms with E-state index in [0.29, 0.717) is 10.6 Å². The maximum Gasteiger partial charge on any atom is 0.331 e. The van der Waals surface area contributed by atoms with Gasteiger partial charge in [-0.05, 0) is 38.5 Å². The number of halogens is 1. The van der Waals surface area contributed by atoms with Crippen molar-refractivity contribution in [2.45, 2.75) is 26.3 Å². The molecular weight excluding hydrogens is 320 g/mol. The second kappa shape index (κ2) is 8.33. The Bertz CT molecular complexity index is 621. The second-order valence-electron chi connectivity index (χ2n) is 5.71. The first-order valence-corrected chi connectivity index (χ1v) is 7.26. The molecule has 0 spiro atoms. The fraction of sp³-hybridized carbons (Fsp3) is 0.312. The van der Waals surface area contributed by atoms with E-state index in [2.05, 4.69) is 10.6 Å². The van der Waals surface area contributed by atoms with Gasteiger partial charge in [0, 0.05) is 16.6 Å². The summed E-state index contributed by atoms with van der Waals surface area (Å²) in [6, 6.07) is 6.32. The van der Waals surface area contributed by atoms with Crippen molar-refractivity contribution in [1.29, 1.82) is 0 Å². The third-order valence-electron chi connectivity index (χ3n) is 2.39. The summed E-state index contributed by atoms with van der Waals surface area (Å²) in [5, 5.41) is 5.11. The second-order valence-corrected chi connectivity index (χ2v) is 6.12. The zero-order valence-corrected chi connectivity index (χ0v) is 13.9. The average Bonchev–Trinajstić information content (AvgIpc) is 2.42. The molecule has 124 valence electrons. The van der Waals surface area contributed by atoms with Gasteiger partial charge in [0.05, 0.1) is 0 Å². The Balaban J connectivity index is 2.40. The van der Waals surface area contributed by atoms with E-state index in [0.717, 1.165) is 6.08 Å². The lowest BCUT2D eigenvalue weighted by atomic mass is 10.1. The summed E-state index contributed by atoms with van der Waals surface area (Å²) < 4.78 is 4.74. The zero-order chi connectivity index (χ0) is 17.5. The van der Waals surface area contributed by atoms with E-state index in [9.17, 15) is 14.4 Å². The average molecular weight is 339 g/mol. The molecule has 1 aromatic carbocycles. The smallest absolute Gasteiger partial charge is 0.331 e. The molecule has 0 bridgehead atoms. The summed E-state index contributed by atoms with van der Waals surface area (Å²) >= 11 is 5.93. The van der Waals surface area contributed by atoms with Gasteiger partial charge in [-0.1, -0.05) is 29.8 Å². The number of esters is 1. The normalized spacial score (nSPS) is 11.1. The Morgan fingerprint density at radius 1 is 1.22 bits per heavy atom. The van der Waals surface area contributed by atoms with Gasteiger partial charge in [0.1, 0.15) is 0 Å². The topological polar surface area (TPSA) is 84.5 Å². The molecule has 0 fully saturated rings. The molecule has 0 aliphatic heterocycles. The first-order chi connectivity index (χ1) is 10.7. The Hall–Kier alpha value is -2.34. The molecule has 3 amide bonds. The lowest BCUT2D eigenvalue weighted by Gasteiger charge is -2.20. The molecule has 0 aliphatic rings. The summed E-state index contributed by atoms with van der Waals surface area (Å²) in [4.78, 5) is 34.4. The largest absolute Gasteiger partial charge is 0.452 e. The molecule has 0 saturated carbocycles. The standard InChI is InChI=1S/C16H19ClN2O4/c1-16(2,3)19-15(22)18-13(20)10-23-14(21)9-8-11-6-4-5-7-12(11)17/h4-9H,10H2,1-3H3,(H2,18,19,20,22). The predicted octanol–water partition coefficient (Wildman–Crippen LogP) is 2.52. The van der Waals surface area contributed by atoms with Crippen LogP contribution in [0.1, 0.15) is 26.3 Å². The summed E-state index contributed by atoms with van der Waals surface area (Å²) in [5.41, 5.74) is 0.179. The van der Waals surface area contributed by atoms with Crippen LogP contribution in [0.3, 0.4) is 0 Å². The van der Waals surface area contributed by atoms with Crippen LogP contribution in [0.4, 0.5) is 4.79 Å². The summed E-state index contributed by atoms with van der Waals surface area (Å²) in [5.74, 6) is -1.43. The molecule has 0 aliphatic carbocycles. The number of rotatable bonds is 4. The number of benzene rings is 1. The number of hydrogen-bond donors (Lipinski definition) is 2. The highest BCUT2D eigenvalue weighted by molar-refractivity contribution is 6.32. The molecule has 0 atom stereocenters. The minimum absolute atomic E-state index is 0.473. The first kappa shape index (κ1) is 18.7. The van der Waals surface area contributed by atoms with E-state index in [-0.39, 0.29) is 0 Å². The number of carbonyl (C=O) groups is 3. The van der Waals surface area contributed by atoms with Gasteiger partial charge in [-0.25, -0.2) is 9.59 Å². The third kappa shape index (κ3) is 8.01. The van der Waals surface area contributed by atoms with Gasteiger partial charge < -0.3 is 10.1 Å². The van der Waals surface area contributed by atoms with Crippen LogP contribution in [-0.4, -0.2) is 30.1 Å². The van der Waals surface area contributed by atoms with E-state index in [1.165, 1.54) is 6.08 Å². The SMILES string of the molecule is CC(C)(C)NC(=O)NC(=O)COC(=O)C=Cc1ccccc1Cl. The number of amides is 3. The molecule has 0 radical (unpaired) electrons. The zero-order valence-electron chi connectivity index (χ0n) is 13.2. The predicted molar refractivity (Wildman–Crippen MR) is 87.9 cm³/mol. The molecule has 2 N–H and O–H groups in total. The van der Waals surface area contributed by atoms with E-state index in [1.807, 2.05) is 0 Å². The number of nitrogens with one attached hydrogen (secondary N) is 2. The fourth-order valence-electron chi connectivity index (χ4n) is 1.49. The van der Waals surface area contributed by atoms with Gasteiger partial charge in [-0.15, -0.1) is 0 Å². The minimum atomic E-state index is -0.716. The van der Waals surface area contributed by atoms with Gasteiger partial charge in [-0.3, -0.25) is 10.1 Å². The van der Waals surface area contributed by atoms with Gasteiger partial charge in [0.15, 0.2) is 6.61 Å². The molecule has 23 heavy (non-hydrogen) atoms. The van der Waals surface area contributed by atoms with E-state index < -0.39 is 30.1 Å².